The van der Waals surface area contributed by atoms with Crippen molar-refractivity contribution in [3.63, 3.8) is 0 Å². The molecule has 1 heterocycles. The first kappa shape index (κ1) is 15.6. The second-order valence-electron chi connectivity index (χ2n) is 4.83. The molecule has 1 aromatic heterocycles. The first-order chi connectivity index (χ1) is 9.92. The third kappa shape index (κ3) is 3.84. The van der Waals surface area contributed by atoms with Gasteiger partial charge in [-0.1, -0.05) is 0 Å². The lowest BCUT2D eigenvalue weighted by Gasteiger charge is -2.14. The van der Waals surface area contributed by atoms with E-state index in [0.717, 1.165) is 17.3 Å². The number of nitrogens with zero attached hydrogens (tertiary/aromatic N) is 1. The number of esters is 1. The number of rotatable bonds is 6. The van der Waals surface area contributed by atoms with E-state index in [2.05, 4.69) is 26.0 Å². The Balaban J connectivity index is 2.11. The number of halogens is 1. The van der Waals surface area contributed by atoms with Crippen LogP contribution in [0.5, 0.6) is 0 Å². The summed E-state index contributed by atoms with van der Waals surface area (Å²) in [6.45, 7) is 0. The van der Waals surface area contributed by atoms with Crippen LogP contribution in [0.15, 0.2) is 16.7 Å². The van der Waals surface area contributed by atoms with Crippen molar-refractivity contribution in [1.82, 2.24) is 9.88 Å². The maximum atomic E-state index is 12.2. The van der Waals surface area contributed by atoms with Crippen LogP contribution >= 0.6 is 15.9 Å². The molecule has 1 aromatic rings. The molecule has 2 N–H and O–H groups in total. The number of aliphatic carboxylic acids is 1. The van der Waals surface area contributed by atoms with E-state index < -0.39 is 30.3 Å². The molecule has 0 radical (unpaired) electrons. The van der Waals surface area contributed by atoms with E-state index in [1.165, 1.54) is 7.11 Å². The average Bonchev–Trinajstić information content (AvgIpc) is 3.20. The highest BCUT2D eigenvalue weighted by molar-refractivity contribution is 9.10. The Morgan fingerprint density at radius 3 is 2.71 bits per heavy atom. The summed E-state index contributed by atoms with van der Waals surface area (Å²) >= 11 is 3.30. The molecule has 0 spiro atoms. The Morgan fingerprint density at radius 2 is 2.19 bits per heavy atom. The molecule has 7 nitrogen and oxygen atoms in total. The van der Waals surface area contributed by atoms with Crippen molar-refractivity contribution >= 4 is 33.8 Å². The number of hydrogen-bond acceptors (Lipinski definition) is 4. The zero-order chi connectivity index (χ0) is 15.6. The van der Waals surface area contributed by atoms with E-state index in [0.29, 0.717) is 5.69 Å². The minimum atomic E-state index is -1.31. The smallest absolute Gasteiger partial charge is 0.326 e. The van der Waals surface area contributed by atoms with Crippen molar-refractivity contribution < 1.29 is 24.2 Å². The van der Waals surface area contributed by atoms with Gasteiger partial charge in [0.05, 0.1) is 13.5 Å². The van der Waals surface area contributed by atoms with Crippen LogP contribution in [0.2, 0.25) is 0 Å². The molecule has 0 unspecified atom stereocenters. The summed E-state index contributed by atoms with van der Waals surface area (Å²) in [5, 5.41) is 11.4. The van der Waals surface area contributed by atoms with Crippen molar-refractivity contribution in [2.24, 2.45) is 0 Å². The summed E-state index contributed by atoms with van der Waals surface area (Å²) in [5.74, 6) is -2.50. The minimum Gasteiger partial charge on any atom is -0.480 e. The summed E-state index contributed by atoms with van der Waals surface area (Å²) in [6.07, 6.45) is 3.36. The van der Waals surface area contributed by atoms with Crippen molar-refractivity contribution in [3.05, 3.63) is 22.4 Å². The van der Waals surface area contributed by atoms with Gasteiger partial charge in [-0.15, -0.1) is 0 Å². The number of nitrogens with one attached hydrogen (secondary N) is 1. The number of amides is 1. The number of ether oxygens (including phenoxy) is 1. The number of carboxylic acids is 1. The third-order valence-corrected chi connectivity index (χ3v) is 3.62. The van der Waals surface area contributed by atoms with Crippen LogP contribution in [0.4, 0.5) is 0 Å². The van der Waals surface area contributed by atoms with Gasteiger partial charge in [0.25, 0.3) is 5.91 Å². The zero-order valence-corrected chi connectivity index (χ0v) is 12.9. The summed E-state index contributed by atoms with van der Waals surface area (Å²) in [7, 11) is 1.17. The fraction of sp³-hybridized carbons (Fsp3) is 0.462. The van der Waals surface area contributed by atoms with E-state index in [1.807, 2.05) is 4.57 Å². The summed E-state index contributed by atoms with van der Waals surface area (Å²) in [5.41, 5.74) is 0.375. The highest BCUT2D eigenvalue weighted by atomic mass is 79.9. The molecule has 1 fully saturated rings. The molecule has 2 rings (SSSR count). The molecule has 1 aliphatic rings. The van der Waals surface area contributed by atoms with Gasteiger partial charge in [0, 0.05) is 16.7 Å². The topological polar surface area (TPSA) is 97.6 Å². The van der Waals surface area contributed by atoms with Gasteiger partial charge in [-0.3, -0.25) is 9.59 Å². The van der Waals surface area contributed by atoms with Crippen LogP contribution in [0, 0.1) is 0 Å². The normalized spacial score (nSPS) is 15.3. The molecule has 21 heavy (non-hydrogen) atoms. The van der Waals surface area contributed by atoms with Crippen LogP contribution in [-0.2, 0) is 14.3 Å². The molecule has 114 valence electrons. The van der Waals surface area contributed by atoms with Crippen LogP contribution < -0.4 is 5.32 Å². The van der Waals surface area contributed by atoms with Gasteiger partial charge in [0.2, 0.25) is 0 Å². The number of methoxy groups -OCH3 is 1. The first-order valence-corrected chi connectivity index (χ1v) is 7.19. The molecule has 0 bridgehead atoms. The third-order valence-electron chi connectivity index (χ3n) is 3.19. The van der Waals surface area contributed by atoms with Crippen molar-refractivity contribution in [1.29, 1.82) is 0 Å². The lowest BCUT2D eigenvalue weighted by molar-refractivity contribution is -0.147. The Morgan fingerprint density at radius 1 is 1.52 bits per heavy atom. The molecular weight excluding hydrogens is 344 g/mol. The molecule has 8 heteroatoms. The Kier molecular flexibility index (Phi) is 4.66. The fourth-order valence-electron chi connectivity index (χ4n) is 1.96. The minimum absolute atomic E-state index is 0.279. The predicted octanol–water partition coefficient (Wildman–Crippen LogP) is 1.33. The molecule has 1 aliphatic carbocycles. The number of carboxylic acid groups (broad SMARTS) is 1. The summed E-state index contributed by atoms with van der Waals surface area (Å²) in [6, 6.07) is 0.595. The van der Waals surface area contributed by atoms with E-state index in [1.54, 1.807) is 12.3 Å². The zero-order valence-electron chi connectivity index (χ0n) is 11.3. The molecule has 1 amide bonds. The Hall–Kier alpha value is -1.83. The highest BCUT2D eigenvalue weighted by Crippen LogP contribution is 2.37. The van der Waals surface area contributed by atoms with E-state index in [-0.39, 0.29) is 6.04 Å². The van der Waals surface area contributed by atoms with Gasteiger partial charge in [0.15, 0.2) is 0 Å². The molecule has 0 aromatic carbocycles. The van der Waals surface area contributed by atoms with Crippen molar-refractivity contribution in [2.45, 2.75) is 31.3 Å². The number of aromatic nitrogens is 1. The monoisotopic (exact) mass is 358 g/mol. The maximum absolute atomic E-state index is 12.2. The van der Waals surface area contributed by atoms with Gasteiger partial charge in [0.1, 0.15) is 11.7 Å². The highest BCUT2D eigenvalue weighted by Gasteiger charge is 2.30. The Bertz CT molecular complexity index is 579. The average molecular weight is 359 g/mol. The molecular formula is C13H15BrN2O5. The quantitative estimate of drug-likeness (QED) is 0.747. The summed E-state index contributed by atoms with van der Waals surface area (Å²) < 4.78 is 6.99. The fourth-order valence-corrected chi connectivity index (χ4v) is 2.40. The first-order valence-electron chi connectivity index (χ1n) is 6.40. The number of carbonyl (C=O) groups is 3. The van der Waals surface area contributed by atoms with Crippen molar-refractivity contribution in [3.8, 4) is 0 Å². The predicted molar refractivity (Wildman–Crippen MR) is 75.9 cm³/mol. The molecule has 0 saturated heterocycles. The molecule has 0 aliphatic heterocycles. The van der Waals surface area contributed by atoms with Gasteiger partial charge in [-0.25, -0.2) is 4.79 Å². The van der Waals surface area contributed by atoms with E-state index in [9.17, 15) is 14.4 Å². The second-order valence-corrected chi connectivity index (χ2v) is 5.74. The molecule has 1 saturated carbocycles. The maximum Gasteiger partial charge on any atom is 0.326 e. The van der Waals surface area contributed by atoms with Gasteiger partial charge in [-0.2, -0.15) is 0 Å². The lowest BCUT2D eigenvalue weighted by atomic mass is 10.2. The lowest BCUT2D eigenvalue weighted by Crippen LogP contribution is -2.43. The van der Waals surface area contributed by atoms with E-state index >= 15 is 0 Å². The SMILES string of the molecule is COC(=O)C[C@H](NC(=O)c1cc(Br)cn1C1CC1)C(=O)O. The number of hydrogen-bond donors (Lipinski definition) is 2. The van der Waals surface area contributed by atoms with Gasteiger partial charge < -0.3 is 19.7 Å². The van der Waals surface area contributed by atoms with Crippen LogP contribution in [0.25, 0.3) is 0 Å². The number of carbonyl (C=O) groups excluding carboxylic acids is 2. The van der Waals surface area contributed by atoms with Gasteiger partial charge in [-0.05, 0) is 34.8 Å². The van der Waals surface area contributed by atoms with Crippen LogP contribution in [-0.4, -0.2) is 40.7 Å². The summed E-state index contributed by atoms with van der Waals surface area (Å²) in [4.78, 5) is 34.5. The van der Waals surface area contributed by atoms with E-state index in [4.69, 9.17) is 5.11 Å². The Labute approximate surface area is 129 Å². The van der Waals surface area contributed by atoms with Gasteiger partial charge >= 0.3 is 11.9 Å². The molecule has 1 atom stereocenters. The standard InChI is InChI=1S/C13H15BrN2O5/c1-21-11(17)5-9(13(19)20)15-12(18)10-4-7(14)6-16(10)8-2-3-8/h4,6,8-9H,2-3,5H2,1H3,(H,15,18)(H,19,20)/t9-/m0/s1. The largest absolute Gasteiger partial charge is 0.480 e. The van der Waals surface area contributed by atoms with Crippen molar-refractivity contribution in [2.75, 3.05) is 7.11 Å². The second kappa shape index (κ2) is 6.30. The van der Waals surface area contributed by atoms with Crippen LogP contribution in [0.3, 0.4) is 0 Å². The van der Waals surface area contributed by atoms with Crippen LogP contribution in [0.1, 0.15) is 35.8 Å².